The lowest BCUT2D eigenvalue weighted by atomic mass is 9.94. The van der Waals surface area contributed by atoms with Gasteiger partial charge in [-0.1, -0.05) is 19.8 Å². The molecule has 0 radical (unpaired) electrons. The Morgan fingerprint density at radius 1 is 1.58 bits per heavy atom. The molecule has 3 nitrogen and oxygen atoms in total. The number of carbonyl (C=O) groups is 1. The molecule has 0 saturated heterocycles. The Labute approximate surface area is 74.0 Å². The maximum Gasteiger partial charge on any atom is 0.180 e. The van der Waals surface area contributed by atoms with Crippen molar-refractivity contribution in [2.45, 2.75) is 51.7 Å². The summed E-state index contributed by atoms with van der Waals surface area (Å²) in [6.45, 7) is 4.99. The van der Waals surface area contributed by atoms with Gasteiger partial charge in [-0.3, -0.25) is 4.79 Å². The predicted molar refractivity (Wildman–Crippen MR) is 48.8 cm³/mol. The maximum absolute atomic E-state index is 11.3. The highest BCUT2D eigenvalue weighted by Crippen LogP contribution is 2.09. The summed E-state index contributed by atoms with van der Waals surface area (Å²) in [6, 6.07) is -0.509. The summed E-state index contributed by atoms with van der Waals surface area (Å²) in [5.74, 6) is -0.268. The minimum Gasteiger partial charge on any atom is -0.383 e. The van der Waals surface area contributed by atoms with E-state index in [2.05, 4.69) is 0 Å². The Morgan fingerprint density at radius 2 is 2.08 bits per heavy atom. The maximum atomic E-state index is 11.3. The van der Waals surface area contributed by atoms with Gasteiger partial charge in [0.2, 0.25) is 0 Å². The van der Waals surface area contributed by atoms with E-state index in [4.69, 9.17) is 5.73 Å². The van der Waals surface area contributed by atoms with Crippen LogP contribution in [0.25, 0.3) is 0 Å². The highest BCUT2D eigenvalue weighted by atomic mass is 16.3. The fourth-order valence-corrected chi connectivity index (χ4v) is 1.01. The van der Waals surface area contributed by atoms with E-state index < -0.39 is 11.6 Å². The minimum absolute atomic E-state index is 0.268. The zero-order chi connectivity index (χ0) is 9.78. The van der Waals surface area contributed by atoms with Crippen LogP contribution >= 0.6 is 0 Å². The average Bonchev–Trinajstić information content (AvgIpc) is 1.97. The molecule has 72 valence electrons. The molecule has 0 saturated carbocycles. The van der Waals surface area contributed by atoms with E-state index in [9.17, 15) is 9.90 Å². The Morgan fingerprint density at radius 3 is 2.42 bits per heavy atom. The van der Waals surface area contributed by atoms with Crippen LogP contribution < -0.4 is 5.73 Å². The molecule has 0 spiro atoms. The first-order valence-electron chi connectivity index (χ1n) is 4.42. The number of aliphatic hydroxyl groups is 1. The van der Waals surface area contributed by atoms with Gasteiger partial charge >= 0.3 is 0 Å². The summed E-state index contributed by atoms with van der Waals surface area (Å²) in [5.41, 5.74) is 4.30. The van der Waals surface area contributed by atoms with Crippen molar-refractivity contribution in [1.82, 2.24) is 0 Å². The Bertz CT molecular complexity index is 149. The number of carbonyl (C=O) groups excluding carboxylic acids is 1. The molecule has 1 atom stereocenters. The molecule has 0 aliphatic heterocycles. The van der Waals surface area contributed by atoms with Crippen LogP contribution in [0.5, 0.6) is 0 Å². The Hall–Kier alpha value is -0.410. The predicted octanol–water partition coefficient (Wildman–Crippen LogP) is 0.844. The van der Waals surface area contributed by atoms with Crippen molar-refractivity contribution in [3.8, 4) is 0 Å². The van der Waals surface area contributed by atoms with Crippen LogP contribution in [0, 0.1) is 0 Å². The van der Waals surface area contributed by atoms with Gasteiger partial charge in [0.25, 0.3) is 0 Å². The summed E-state index contributed by atoms with van der Waals surface area (Å²) >= 11 is 0. The minimum atomic E-state index is -1.28. The first kappa shape index (κ1) is 11.6. The molecule has 0 aromatic rings. The van der Waals surface area contributed by atoms with Gasteiger partial charge in [-0.25, -0.2) is 0 Å². The largest absolute Gasteiger partial charge is 0.383 e. The van der Waals surface area contributed by atoms with Gasteiger partial charge in [0.1, 0.15) is 5.60 Å². The van der Waals surface area contributed by atoms with Crippen molar-refractivity contribution in [2.24, 2.45) is 5.73 Å². The third kappa shape index (κ3) is 3.83. The second-order valence-corrected chi connectivity index (χ2v) is 3.67. The quantitative estimate of drug-likeness (QED) is 0.647. The van der Waals surface area contributed by atoms with Crippen molar-refractivity contribution in [3.05, 3.63) is 0 Å². The summed E-state index contributed by atoms with van der Waals surface area (Å²) in [7, 11) is 0. The standard InChI is InChI=1S/C9H19NO2/c1-4-5-6-7(10)8(11)9(2,3)12/h7,12H,4-6,10H2,1-3H3. The van der Waals surface area contributed by atoms with Crippen LogP contribution in [0.3, 0.4) is 0 Å². The van der Waals surface area contributed by atoms with Crippen LogP contribution in [0.2, 0.25) is 0 Å². The fraction of sp³-hybridized carbons (Fsp3) is 0.889. The molecule has 0 aliphatic rings. The molecule has 0 aromatic heterocycles. The van der Waals surface area contributed by atoms with E-state index in [1.165, 1.54) is 13.8 Å². The fourth-order valence-electron chi connectivity index (χ4n) is 1.01. The van der Waals surface area contributed by atoms with Crippen LogP contribution in [0.4, 0.5) is 0 Å². The first-order chi connectivity index (χ1) is 5.39. The molecular weight excluding hydrogens is 154 g/mol. The Kier molecular flexibility index (Phi) is 4.42. The lowest BCUT2D eigenvalue weighted by molar-refractivity contribution is -0.135. The monoisotopic (exact) mass is 173 g/mol. The lowest BCUT2D eigenvalue weighted by Crippen LogP contribution is -2.44. The van der Waals surface area contributed by atoms with Gasteiger partial charge in [0, 0.05) is 0 Å². The normalized spacial score (nSPS) is 14.4. The highest BCUT2D eigenvalue weighted by Gasteiger charge is 2.28. The molecular formula is C9H19NO2. The number of hydrogen-bond donors (Lipinski definition) is 2. The number of Topliss-reactive ketones (excluding diaryl/α,β-unsaturated/α-hetero) is 1. The zero-order valence-corrected chi connectivity index (χ0v) is 8.13. The van der Waals surface area contributed by atoms with E-state index in [0.717, 1.165) is 12.8 Å². The second kappa shape index (κ2) is 4.58. The van der Waals surface area contributed by atoms with E-state index >= 15 is 0 Å². The van der Waals surface area contributed by atoms with Crippen molar-refractivity contribution in [1.29, 1.82) is 0 Å². The second-order valence-electron chi connectivity index (χ2n) is 3.67. The molecule has 12 heavy (non-hydrogen) atoms. The molecule has 0 aliphatic carbocycles. The van der Waals surface area contributed by atoms with Gasteiger partial charge in [0.05, 0.1) is 6.04 Å². The number of nitrogens with two attached hydrogens (primary N) is 1. The topological polar surface area (TPSA) is 63.3 Å². The van der Waals surface area contributed by atoms with E-state index in [1.54, 1.807) is 0 Å². The highest BCUT2D eigenvalue weighted by molar-refractivity contribution is 5.90. The SMILES string of the molecule is CCCCC(N)C(=O)C(C)(C)O. The van der Waals surface area contributed by atoms with Crippen molar-refractivity contribution < 1.29 is 9.90 Å². The third-order valence-corrected chi connectivity index (χ3v) is 1.81. The average molecular weight is 173 g/mol. The molecule has 3 N–H and O–H groups in total. The number of unbranched alkanes of at least 4 members (excludes halogenated alkanes) is 1. The van der Waals surface area contributed by atoms with Gasteiger partial charge in [-0.15, -0.1) is 0 Å². The van der Waals surface area contributed by atoms with Gasteiger partial charge < -0.3 is 10.8 Å². The van der Waals surface area contributed by atoms with Crippen LogP contribution in [-0.2, 0) is 4.79 Å². The molecule has 0 amide bonds. The van der Waals surface area contributed by atoms with E-state index in [0.29, 0.717) is 6.42 Å². The molecule has 3 heteroatoms. The van der Waals surface area contributed by atoms with E-state index in [1.807, 2.05) is 6.92 Å². The molecule has 0 bridgehead atoms. The summed E-state index contributed by atoms with van der Waals surface area (Å²) in [4.78, 5) is 11.3. The molecule has 0 heterocycles. The number of ketones is 1. The zero-order valence-electron chi connectivity index (χ0n) is 8.13. The van der Waals surface area contributed by atoms with Gasteiger partial charge in [0.15, 0.2) is 5.78 Å². The molecule has 1 unspecified atom stereocenters. The van der Waals surface area contributed by atoms with Crippen molar-refractivity contribution >= 4 is 5.78 Å². The third-order valence-electron chi connectivity index (χ3n) is 1.81. The van der Waals surface area contributed by atoms with Crippen molar-refractivity contribution in [2.75, 3.05) is 0 Å². The molecule has 0 aromatic carbocycles. The molecule has 0 rings (SSSR count). The lowest BCUT2D eigenvalue weighted by Gasteiger charge is -2.20. The summed E-state index contributed by atoms with van der Waals surface area (Å²) in [5, 5.41) is 9.33. The van der Waals surface area contributed by atoms with Crippen LogP contribution in [0.15, 0.2) is 0 Å². The van der Waals surface area contributed by atoms with Crippen LogP contribution in [0.1, 0.15) is 40.0 Å². The summed E-state index contributed by atoms with van der Waals surface area (Å²) in [6.07, 6.45) is 2.62. The number of rotatable bonds is 5. The Balaban J connectivity index is 3.94. The van der Waals surface area contributed by atoms with E-state index in [-0.39, 0.29) is 5.78 Å². The smallest absolute Gasteiger partial charge is 0.180 e. The van der Waals surface area contributed by atoms with Crippen LogP contribution in [-0.4, -0.2) is 22.5 Å². The van der Waals surface area contributed by atoms with Gasteiger partial charge in [-0.05, 0) is 20.3 Å². The summed E-state index contributed by atoms with van der Waals surface area (Å²) < 4.78 is 0. The number of hydrogen-bond acceptors (Lipinski definition) is 3. The van der Waals surface area contributed by atoms with Crippen molar-refractivity contribution in [3.63, 3.8) is 0 Å². The van der Waals surface area contributed by atoms with Gasteiger partial charge in [-0.2, -0.15) is 0 Å². The molecule has 0 fully saturated rings. The first-order valence-corrected chi connectivity index (χ1v) is 4.42.